The van der Waals surface area contributed by atoms with E-state index in [1.165, 1.54) is 10.9 Å². The fourth-order valence-corrected chi connectivity index (χ4v) is 2.06. The Morgan fingerprint density at radius 1 is 1.53 bits per heavy atom. The molecule has 1 saturated carbocycles. The molecule has 6 heteroatoms. The Balaban J connectivity index is 2.24. The number of aromatic carboxylic acids is 1. The van der Waals surface area contributed by atoms with Crippen molar-refractivity contribution in [2.75, 3.05) is 0 Å². The molecule has 2 aromatic rings. The van der Waals surface area contributed by atoms with Gasteiger partial charge in [0.2, 0.25) is 0 Å². The average molecular weight is 232 g/mol. The van der Waals surface area contributed by atoms with Crippen molar-refractivity contribution in [1.82, 2.24) is 19.8 Å². The first-order valence-electron chi connectivity index (χ1n) is 5.63. The van der Waals surface area contributed by atoms with Crippen molar-refractivity contribution in [2.45, 2.75) is 32.1 Å². The average Bonchev–Trinajstić information content (AvgIpc) is 2.57. The van der Waals surface area contributed by atoms with Gasteiger partial charge in [-0.25, -0.2) is 9.78 Å². The summed E-state index contributed by atoms with van der Waals surface area (Å²) in [5.41, 5.74) is 2.20. The van der Waals surface area contributed by atoms with Crippen LogP contribution in [0.5, 0.6) is 0 Å². The van der Waals surface area contributed by atoms with E-state index in [2.05, 4.69) is 15.3 Å². The van der Waals surface area contributed by atoms with E-state index in [4.69, 9.17) is 0 Å². The van der Waals surface area contributed by atoms with Crippen LogP contribution in [0.15, 0.2) is 6.07 Å². The molecule has 17 heavy (non-hydrogen) atoms. The second kappa shape index (κ2) is 3.51. The van der Waals surface area contributed by atoms with Gasteiger partial charge < -0.3 is 5.11 Å². The predicted molar refractivity (Wildman–Crippen MR) is 59.1 cm³/mol. The molecule has 0 saturated heterocycles. The number of carboxylic acids is 1. The zero-order valence-electron chi connectivity index (χ0n) is 9.42. The number of hydrogen-bond acceptors (Lipinski definition) is 4. The van der Waals surface area contributed by atoms with Crippen LogP contribution in [0.4, 0.5) is 0 Å². The van der Waals surface area contributed by atoms with Gasteiger partial charge >= 0.3 is 5.97 Å². The maximum absolute atomic E-state index is 11.2. The molecule has 3 rings (SSSR count). The van der Waals surface area contributed by atoms with Crippen molar-refractivity contribution in [3.05, 3.63) is 23.1 Å². The van der Waals surface area contributed by atoms with Gasteiger partial charge in [0.25, 0.3) is 0 Å². The van der Waals surface area contributed by atoms with E-state index in [-0.39, 0.29) is 5.69 Å². The molecule has 1 aliphatic rings. The summed E-state index contributed by atoms with van der Waals surface area (Å²) in [6.45, 7) is 1.78. The normalized spacial score (nSPS) is 16.1. The molecule has 0 amide bonds. The lowest BCUT2D eigenvalue weighted by Crippen LogP contribution is -2.15. The van der Waals surface area contributed by atoms with E-state index in [1.54, 1.807) is 13.0 Å². The first-order chi connectivity index (χ1) is 8.16. The highest BCUT2D eigenvalue weighted by atomic mass is 16.4. The molecule has 0 radical (unpaired) electrons. The highest BCUT2D eigenvalue weighted by Gasteiger charge is 2.24. The zero-order chi connectivity index (χ0) is 12.0. The topological polar surface area (TPSA) is 80.4 Å². The van der Waals surface area contributed by atoms with Gasteiger partial charge in [0.15, 0.2) is 11.3 Å². The summed E-state index contributed by atoms with van der Waals surface area (Å²) >= 11 is 0. The van der Waals surface area contributed by atoms with Crippen LogP contribution in [0, 0.1) is 6.92 Å². The first kappa shape index (κ1) is 10.2. The zero-order valence-corrected chi connectivity index (χ0v) is 9.42. The predicted octanol–water partition coefficient (Wildman–Crippen LogP) is 1.40. The summed E-state index contributed by atoms with van der Waals surface area (Å²) in [5.74, 6) is -0.602. The third kappa shape index (κ3) is 1.48. The second-order valence-electron chi connectivity index (χ2n) is 4.41. The Kier molecular flexibility index (Phi) is 2.10. The van der Waals surface area contributed by atoms with Crippen molar-refractivity contribution < 1.29 is 9.90 Å². The summed E-state index contributed by atoms with van der Waals surface area (Å²) in [5, 5.41) is 16.8. The molecule has 0 atom stereocenters. The van der Waals surface area contributed by atoms with Gasteiger partial charge in [-0.3, -0.25) is 0 Å². The lowest BCUT2D eigenvalue weighted by molar-refractivity contribution is 0.0686. The van der Waals surface area contributed by atoms with Gasteiger partial charge in [0, 0.05) is 11.6 Å². The fraction of sp³-hybridized carbons (Fsp3) is 0.455. The molecule has 2 heterocycles. The molecule has 1 N–H and O–H groups in total. The van der Waals surface area contributed by atoms with Crippen molar-refractivity contribution in [3.8, 4) is 0 Å². The third-order valence-corrected chi connectivity index (χ3v) is 3.30. The van der Waals surface area contributed by atoms with E-state index in [0.717, 1.165) is 18.5 Å². The number of aromatic nitrogens is 4. The molecule has 2 aromatic heterocycles. The molecule has 0 unspecified atom stereocenters. The molecule has 88 valence electrons. The van der Waals surface area contributed by atoms with Crippen molar-refractivity contribution in [3.63, 3.8) is 0 Å². The molecular weight excluding hydrogens is 220 g/mol. The third-order valence-electron chi connectivity index (χ3n) is 3.30. The van der Waals surface area contributed by atoms with E-state index in [0.29, 0.717) is 17.3 Å². The largest absolute Gasteiger partial charge is 0.477 e. The number of aryl methyl sites for hydroxylation is 1. The van der Waals surface area contributed by atoms with E-state index < -0.39 is 5.97 Å². The molecule has 1 aliphatic carbocycles. The number of rotatable bonds is 2. The van der Waals surface area contributed by atoms with E-state index in [1.807, 2.05) is 0 Å². The second-order valence-corrected chi connectivity index (χ2v) is 4.41. The van der Waals surface area contributed by atoms with Gasteiger partial charge in [-0.2, -0.15) is 4.52 Å². The van der Waals surface area contributed by atoms with Crippen LogP contribution in [-0.2, 0) is 0 Å². The number of hydrogen-bond donors (Lipinski definition) is 1. The molecule has 1 fully saturated rings. The van der Waals surface area contributed by atoms with Gasteiger partial charge in [-0.05, 0) is 25.8 Å². The van der Waals surface area contributed by atoms with Crippen LogP contribution in [0.1, 0.15) is 47.1 Å². The summed E-state index contributed by atoms with van der Waals surface area (Å²) < 4.78 is 1.29. The monoisotopic (exact) mass is 232 g/mol. The van der Waals surface area contributed by atoms with Gasteiger partial charge in [0.05, 0.1) is 0 Å². The molecular formula is C11H12N4O2. The summed E-state index contributed by atoms with van der Waals surface area (Å²) in [6.07, 6.45) is 3.36. The summed E-state index contributed by atoms with van der Waals surface area (Å²) in [6, 6.07) is 1.62. The highest BCUT2D eigenvalue weighted by Crippen LogP contribution is 2.35. The smallest absolute Gasteiger partial charge is 0.354 e. The quantitative estimate of drug-likeness (QED) is 0.846. The fourth-order valence-electron chi connectivity index (χ4n) is 2.06. The van der Waals surface area contributed by atoms with E-state index in [9.17, 15) is 9.90 Å². The van der Waals surface area contributed by atoms with Gasteiger partial charge in [0.1, 0.15) is 5.69 Å². The van der Waals surface area contributed by atoms with Crippen LogP contribution in [0.2, 0.25) is 0 Å². The Labute approximate surface area is 97.3 Å². The lowest BCUT2D eigenvalue weighted by Gasteiger charge is -2.24. The van der Waals surface area contributed by atoms with Crippen molar-refractivity contribution >= 4 is 11.6 Å². The van der Waals surface area contributed by atoms with Crippen molar-refractivity contribution in [2.24, 2.45) is 0 Å². The molecule has 0 aromatic carbocycles. The van der Waals surface area contributed by atoms with E-state index >= 15 is 0 Å². The Hall–Kier alpha value is -1.98. The first-order valence-corrected chi connectivity index (χ1v) is 5.63. The molecule has 0 aliphatic heterocycles. The molecule has 6 nitrogen and oxygen atoms in total. The van der Waals surface area contributed by atoms with Crippen molar-refractivity contribution in [1.29, 1.82) is 0 Å². The Bertz CT molecular complexity index is 601. The molecule has 0 bridgehead atoms. The van der Waals surface area contributed by atoms with Crippen LogP contribution in [0.3, 0.4) is 0 Å². The lowest BCUT2D eigenvalue weighted by atomic mass is 9.82. The summed E-state index contributed by atoms with van der Waals surface area (Å²) in [4.78, 5) is 15.7. The van der Waals surface area contributed by atoms with Crippen LogP contribution in [0.25, 0.3) is 5.65 Å². The summed E-state index contributed by atoms with van der Waals surface area (Å²) in [7, 11) is 0. The SMILES string of the molecule is Cc1nnn2c(C(=O)O)cc(C3CCC3)nc12. The van der Waals surface area contributed by atoms with Crippen LogP contribution < -0.4 is 0 Å². The number of carboxylic acid groups (broad SMARTS) is 1. The number of fused-ring (bicyclic) bond motifs is 1. The van der Waals surface area contributed by atoms with Crippen LogP contribution in [-0.4, -0.2) is 30.9 Å². The van der Waals surface area contributed by atoms with Gasteiger partial charge in [-0.1, -0.05) is 11.6 Å². The Morgan fingerprint density at radius 2 is 2.29 bits per heavy atom. The molecule has 0 spiro atoms. The number of nitrogens with zero attached hydrogens (tertiary/aromatic N) is 4. The maximum atomic E-state index is 11.2. The standard InChI is InChI=1S/C11H12N4O2/c1-6-10-12-8(7-3-2-4-7)5-9(11(16)17)15(10)14-13-6/h5,7H,2-4H2,1H3,(H,16,17). The minimum atomic E-state index is -0.997. The maximum Gasteiger partial charge on any atom is 0.354 e. The minimum Gasteiger partial charge on any atom is -0.477 e. The van der Waals surface area contributed by atoms with Gasteiger partial charge in [-0.15, -0.1) is 5.10 Å². The Morgan fingerprint density at radius 3 is 2.88 bits per heavy atom. The van der Waals surface area contributed by atoms with Crippen LogP contribution >= 0.6 is 0 Å². The highest BCUT2D eigenvalue weighted by molar-refractivity contribution is 5.86. The number of carbonyl (C=O) groups is 1. The minimum absolute atomic E-state index is 0.137.